The number of aromatic nitrogens is 2. The van der Waals surface area contributed by atoms with Gasteiger partial charge in [-0.2, -0.15) is 0 Å². The molecule has 182 valence electrons. The highest BCUT2D eigenvalue weighted by Gasteiger charge is 2.35. The van der Waals surface area contributed by atoms with Crippen molar-refractivity contribution in [3.8, 4) is 33.8 Å². The predicted molar refractivity (Wildman–Crippen MR) is 159 cm³/mol. The van der Waals surface area contributed by atoms with E-state index < -0.39 is 0 Å². The van der Waals surface area contributed by atoms with Crippen LogP contribution in [0.4, 0.5) is 0 Å². The molecule has 3 heteroatoms. The van der Waals surface area contributed by atoms with Gasteiger partial charge in [-0.25, -0.2) is 9.97 Å². The molecule has 7 rings (SSSR count). The molecule has 2 nitrogen and oxygen atoms in total. The lowest BCUT2D eigenvalue weighted by Gasteiger charge is -2.36. The largest absolute Gasteiger partial charge is 0.228 e. The highest BCUT2D eigenvalue weighted by molar-refractivity contribution is 7.99. The number of rotatable bonds is 3. The van der Waals surface area contributed by atoms with E-state index in [0.29, 0.717) is 0 Å². The molecule has 1 aliphatic rings. The summed E-state index contributed by atoms with van der Waals surface area (Å²) in [5.41, 5.74) is 9.24. The first-order valence-electron chi connectivity index (χ1n) is 12.9. The molecule has 2 heterocycles. The third-order valence-corrected chi connectivity index (χ3v) is 8.67. The van der Waals surface area contributed by atoms with Crippen LogP contribution < -0.4 is 0 Å². The van der Waals surface area contributed by atoms with Crippen LogP contribution in [0, 0.1) is 0 Å². The van der Waals surface area contributed by atoms with Crippen molar-refractivity contribution in [3.63, 3.8) is 0 Å². The Morgan fingerprint density at radius 3 is 2.08 bits per heavy atom. The zero-order valence-electron chi connectivity index (χ0n) is 21.3. The van der Waals surface area contributed by atoms with Crippen LogP contribution in [-0.2, 0) is 5.41 Å². The number of hydrogen-bond donors (Lipinski definition) is 0. The molecule has 0 aliphatic carbocycles. The predicted octanol–water partition coefficient (Wildman–Crippen LogP) is 9.42. The van der Waals surface area contributed by atoms with Gasteiger partial charge in [-0.15, -0.1) is 0 Å². The third-order valence-electron chi connectivity index (χ3n) is 7.54. The normalized spacial score (nSPS) is 13.6. The minimum atomic E-state index is -0.0834. The SMILES string of the molecule is CC1(C)c2ccccc2Sc2cccc(-c3ccc(-c4nc(-c5ccccc5)nc5ccccc45)cc3)c21. The number of benzene rings is 5. The Labute approximate surface area is 227 Å². The maximum atomic E-state index is 5.05. The second-order valence-corrected chi connectivity index (χ2v) is 11.3. The van der Waals surface area contributed by atoms with Gasteiger partial charge < -0.3 is 0 Å². The summed E-state index contributed by atoms with van der Waals surface area (Å²) in [5.74, 6) is 0.748. The molecule has 0 bridgehead atoms. The van der Waals surface area contributed by atoms with Crippen molar-refractivity contribution < 1.29 is 0 Å². The number of para-hydroxylation sites is 1. The highest BCUT2D eigenvalue weighted by atomic mass is 32.2. The van der Waals surface area contributed by atoms with E-state index in [1.54, 1.807) is 0 Å². The molecule has 0 saturated carbocycles. The lowest BCUT2D eigenvalue weighted by Crippen LogP contribution is -2.24. The molecule has 0 N–H and O–H groups in total. The van der Waals surface area contributed by atoms with E-state index in [-0.39, 0.29) is 5.41 Å². The first kappa shape index (κ1) is 22.9. The molecule has 1 aromatic heterocycles. The van der Waals surface area contributed by atoms with Gasteiger partial charge in [0.2, 0.25) is 0 Å². The average molecular weight is 507 g/mol. The van der Waals surface area contributed by atoms with E-state index in [0.717, 1.165) is 33.5 Å². The molecule has 0 unspecified atom stereocenters. The van der Waals surface area contributed by atoms with Crippen LogP contribution in [0.15, 0.2) is 131 Å². The fourth-order valence-electron chi connectivity index (χ4n) is 5.65. The standard InChI is InChI=1S/C35H26N2S/c1-35(2)28-15-7-9-17-30(28)38-31-18-10-14-26(32(31)35)23-19-21-24(22-20-23)33-27-13-6-8-16-29(27)36-34(37-33)25-11-4-3-5-12-25/h3-22H,1-2H3. The summed E-state index contributed by atoms with van der Waals surface area (Å²) in [6.07, 6.45) is 0. The maximum absolute atomic E-state index is 5.05. The molecule has 0 fully saturated rings. The number of hydrogen-bond acceptors (Lipinski definition) is 3. The Morgan fingerprint density at radius 2 is 1.24 bits per heavy atom. The van der Waals surface area contributed by atoms with Crippen molar-refractivity contribution >= 4 is 22.7 Å². The Kier molecular flexibility index (Phi) is 5.41. The van der Waals surface area contributed by atoms with E-state index >= 15 is 0 Å². The van der Waals surface area contributed by atoms with Gasteiger partial charge >= 0.3 is 0 Å². The van der Waals surface area contributed by atoms with Gasteiger partial charge in [0.05, 0.1) is 11.2 Å². The topological polar surface area (TPSA) is 25.8 Å². The minimum Gasteiger partial charge on any atom is -0.228 e. The molecule has 0 amide bonds. The molecule has 6 aromatic rings. The third kappa shape index (κ3) is 3.74. The van der Waals surface area contributed by atoms with E-state index in [1.807, 2.05) is 36.0 Å². The van der Waals surface area contributed by atoms with Crippen molar-refractivity contribution in [3.05, 3.63) is 132 Å². The molecule has 38 heavy (non-hydrogen) atoms. The van der Waals surface area contributed by atoms with E-state index in [1.165, 1.54) is 32.0 Å². The molecule has 0 spiro atoms. The smallest absolute Gasteiger partial charge is 0.160 e. The van der Waals surface area contributed by atoms with Crippen LogP contribution in [0.5, 0.6) is 0 Å². The summed E-state index contributed by atoms with van der Waals surface area (Å²) in [6.45, 7) is 4.70. The molecule has 0 radical (unpaired) electrons. The van der Waals surface area contributed by atoms with Gasteiger partial charge in [-0.1, -0.05) is 129 Å². The first-order valence-corrected chi connectivity index (χ1v) is 13.7. The summed E-state index contributed by atoms with van der Waals surface area (Å²) < 4.78 is 0. The summed E-state index contributed by atoms with van der Waals surface area (Å²) in [6, 6.07) is 42.9. The summed E-state index contributed by atoms with van der Waals surface area (Å²) >= 11 is 1.88. The lowest BCUT2D eigenvalue weighted by molar-refractivity contribution is 0.609. The summed E-state index contributed by atoms with van der Waals surface area (Å²) in [4.78, 5) is 12.6. The monoisotopic (exact) mass is 506 g/mol. The van der Waals surface area contributed by atoms with Crippen molar-refractivity contribution in [1.82, 2.24) is 9.97 Å². The highest BCUT2D eigenvalue weighted by Crippen LogP contribution is 2.52. The number of nitrogens with zero attached hydrogens (tertiary/aromatic N) is 2. The van der Waals surface area contributed by atoms with Crippen LogP contribution in [0.3, 0.4) is 0 Å². The van der Waals surface area contributed by atoms with E-state index in [4.69, 9.17) is 9.97 Å². The quantitative estimate of drug-likeness (QED) is 0.239. The minimum absolute atomic E-state index is 0.0834. The number of fused-ring (bicyclic) bond motifs is 3. The molecule has 0 saturated heterocycles. The van der Waals surface area contributed by atoms with Crippen LogP contribution in [0.25, 0.3) is 44.7 Å². The van der Waals surface area contributed by atoms with Gasteiger partial charge in [-0.3, -0.25) is 0 Å². The Bertz CT molecular complexity index is 1800. The Morgan fingerprint density at radius 1 is 0.553 bits per heavy atom. The van der Waals surface area contributed by atoms with Gasteiger partial charge in [0.15, 0.2) is 5.82 Å². The maximum Gasteiger partial charge on any atom is 0.160 e. The van der Waals surface area contributed by atoms with Gasteiger partial charge in [0.1, 0.15) is 0 Å². The Balaban J connectivity index is 1.34. The molecule has 0 atom stereocenters. The Hall–Kier alpha value is -4.21. The van der Waals surface area contributed by atoms with Crippen LogP contribution in [0.1, 0.15) is 25.0 Å². The zero-order valence-corrected chi connectivity index (χ0v) is 22.2. The van der Waals surface area contributed by atoms with Crippen LogP contribution in [-0.4, -0.2) is 9.97 Å². The van der Waals surface area contributed by atoms with Crippen LogP contribution >= 0.6 is 11.8 Å². The van der Waals surface area contributed by atoms with Crippen molar-refractivity contribution in [1.29, 1.82) is 0 Å². The van der Waals surface area contributed by atoms with Gasteiger partial charge in [-0.05, 0) is 40.5 Å². The lowest BCUT2D eigenvalue weighted by atomic mass is 9.74. The van der Waals surface area contributed by atoms with Crippen LogP contribution in [0.2, 0.25) is 0 Å². The van der Waals surface area contributed by atoms with Gasteiger partial charge in [0, 0.05) is 31.7 Å². The van der Waals surface area contributed by atoms with Crippen molar-refractivity contribution in [2.45, 2.75) is 29.1 Å². The second kappa shape index (κ2) is 8.97. The van der Waals surface area contributed by atoms with E-state index in [2.05, 4.69) is 111 Å². The molecule has 1 aliphatic heterocycles. The van der Waals surface area contributed by atoms with Gasteiger partial charge in [0.25, 0.3) is 0 Å². The van der Waals surface area contributed by atoms with Crippen molar-refractivity contribution in [2.75, 3.05) is 0 Å². The van der Waals surface area contributed by atoms with Crippen molar-refractivity contribution in [2.24, 2.45) is 0 Å². The summed E-state index contributed by atoms with van der Waals surface area (Å²) in [5, 5.41) is 1.06. The molecular weight excluding hydrogens is 480 g/mol. The van der Waals surface area contributed by atoms with E-state index in [9.17, 15) is 0 Å². The molecular formula is C35H26N2S. The zero-order chi connectivity index (χ0) is 25.7. The fourth-order valence-corrected chi connectivity index (χ4v) is 7.08. The summed E-state index contributed by atoms with van der Waals surface area (Å²) in [7, 11) is 0. The average Bonchev–Trinajstić information content (AvgIpc) is 2.97. The second-order valence-electron chi connectivity index (χ2n) is 10.3. The fraction of sp³-hybridized carbons (Fsp3) is 0.0857. The first-order chi connectivity index (χ1) is 18.6. The molecule has 5 aromatic carbocycles.